The van der Waals surface area contributed by atoms with Gasteiger partial charge in [-0.3, -0.25) is 9.59 Å². The number of hydrogen-bond acceptors (Lipinski definition) is 4. The van der Waals surface area contributed by atoms with Crippen molar-refractivity contribution in [2.75, 3.05) is 11.9 Å². The van der Waals surface area contributed by atoms with Crippen LogP contribution in [-0.4, -0.2) is 24.6 Å². The number of rotatable bonds is 8. The zero-order valence-electron chi connectivity index (χ0n) is 16.1. The summed E-state index contributed by atoms with van der Waals surface area (Å²) in [4.78, 5) is 24.1. The van der Waals surface area contributed by atoms with Crippen LogP contribution in [0.25, 0.3) is 0 Å². The van der Waals surface area contributed by atoms with Gasteiger partial charge in [0.2, 0.25) is 5.91 Å². The third kappa shape index (κ3) is 6.50. The topological polar surface area (TPSA) is 79.8 Å². The fourth-order valence-electron chi connectivity index (χ4n) is 2.10. The van der Waals surface area contributed by atoms with Crippen molar-refractivity contribution in [3.05, 3.63) is 59.9 Å². The van der Waals surface area contributed by atoms with Crippen LogP contribution in [0.3, 0.4) is 0 Å². The number of para-hydroxylation sites is 1. The lowest BCUT2D eigenvalue weighted by atomic mass is 10.1. The Morgan fingerprint density at radius 1 is 1.07 bits per heavy atom. The molecule has 6 nitrogen and oxygen atoms in total. The number of halogens is 1. The molecule has 0 saturated carbocycles. The summed E-state index contributed by atoms with van der Waals surface area (Å²) >= 11 is 0. The monoisotopic (exact) mass is 385 g/mol. The van der Waals surface area contributed by atoms with Gasteiger partial charge in [0.15, 0.2) is 0 Å². The van der Waals surface area contributed by atoms with Crippen LogP contribution >= 0.6 is 0 Å². The Labute approximate surface area is 163 Å². The molecule has 0 fully saturated rings. The highest BCUT2D eigenvalue weighted by Crippen LogP contribution is 2.14. The molecule has 0 aliphatic rings. The molecule has 2 aromatic rings. The van der Waals surface area contributed by atoms with Gasteiger partial charge in [-0.05, 0) is 54.8 Å². The average molecular weight is 385 g/mol. The molecule has 2 aromatic carbocycles. The van der Waals surface area contributed by atoms with Gasteiger partial charge in [0.25, 0.3) is 5.91 Å². The van der Waals surface area contributed by atoms with E-state index in [4.69, 9.17) is 4.74 Å². The molecule has 0 aromatic heterocycles. The van der Waals surface area contributed by atoms with Crippen LogP contribution in [0.4, 0.5) is 10.1 Å². The fraction of sp³-hybridized carbons (Fsp3) is 0.286. The van der Waals surface area contributed by atoms with Gasteiger partial charge in [0.1, 0.15) is 17.5 Å². The van der Waals surface area contributed by atoms with E-state index >= 15 is 0 Å². The number of nitrogens with one attached hydrogen (secondary N) is 2. The molecule has 0 heterocycles. The fourth-order valence-corrected chi connectivity index (χ4v) is 2.10. The van der Waals surface area contributed by atoms with Gasteiger partial charge in [-0.1, -0.05) is 26.0 Å². The Hall–Kier alpha value is -3.22. The van der Waals surface area contributed by atoms with E-state index in [1.807, 2.05) is 12.1 Å². The molecule has 2 rings (SSSR count). The molecule has 0 saturated heterocycles. The maximum Gasteiger partial charge on any atom is 0.252 e. The summed E-state index contributed by atoms with van der Waals surface area (Å²) in [7, 11) is 0. The van der Waals surface area contributed by atoms with Gasteiger partial charge in [0, 0.05) is 0 Å². The maximum atomic E-state index is 13.6. The summed E-state index contributed by atoms with van der Waals surface area (Å²) in [6.45, 7) is 6.20. The van der Waals surface area contributed by atoms with Crippen LogP contribution in [0, 0.1) is 17.7 Å². The van der Waals surface area contributed by atoms with Crippen LogP contribution < -0.4 is 15.5 Å². The number of nitrogens with zero attached hydrogens (tertiary/aromatic N) is 1. The Bertz CT molecular complexity index is 835. The van der Waals surface area contributed by atoms with Crippen molar-refractivity contribution >= 4 is 23.7 Å². The molecular formula is C21H24FN3O3. The standard InChI is InChI=1S/C21H24FN3O3/c1-14(2)13-28-17-10-8-16(9-11-17)12-23-25-21(27)15(3)20(26)24-19-7-5-4-6-18(19)22/h4-12,14-15H,13H2,1-3H3,(H,24,26)(H,25,27). The molecule has 0 aliphatic carbocycles. The van der Waals surface area contributed by atoms with Crippen LogP contribution in [0.2, 0.25) is 0 Å². The second-order valence-corrected chi connectivity index (χ2v) is 6.70. The predicted molar refractivity (Wildman–Crippen MR) is 107 cm³/mol. The average Bonchev–Trinajstić information content (AvgIpc) is 2.68. The molecule has 0 spiro atoms. The van der Waals surface area contributed by atoms with Crippen molar-refractivity contribution in [2.45, 2.75) is 20.8 Å². The third-order valence-electron chi connectivity index (χ3n) is 3.77. The smallest absolute Gasteiger partial charge is 0.252 e. The first-order chi connectivity index (χ1) is 13.4. The van der Waals surface area contributed by atoms with Crippen LogP contribution in [-0.2, 0) is 9.59 Å². The van der Waals surface area contributed by atoms with E-state index in [0.29, 0.717) is 12.5 Å². The minimum atomic E-state index is -1.04. The number of hydrazone groups is 1. The van der Waals surface area contributed by atoms with Gasteiger partial charge < -0.3 is 10.1 Å². The summed E-state index contributed by atoms with van der Waals surface area (Å²) in [5.74, 6) is -1.63. The molecule has 0 radical (unpaired) electrons. The van der Waals surface area contributed by atoms with Crippen molar-refractivity contribution in [1.82, 2.24) is 5.43 Å². The van der Waals surface area contributed by atoms with Crippen LogP contribution in [0.15, 0.2) is 53.6 Å². The first-order valence-corrected chi connectivity index (χ1v) is 8.98. The number of benzene rings is 2. The van der Waals surface area contributed by atoms with E-state index in [0.717, 1.165) is 11.3 Å². The molecule has 7 heteroatoms. The number of carbonyl (C=O) groups excluding carboxylic acids is 2. The Kier molecular flexibility index (Phi) is 7.68. The van der Waals surface area contributed by atoms with E-state index in [-0.39, 0.29) is 5.69 Å². The van der Waals surface area contributed by atoms with E-state index in [2.05, 4.69) is 29.7 Å². The third-order valence-corrected chi connectivity index (χ3v) is 3.77. The minimum Gasteiger partial charge on any atom is -0.493 e. The van der Waals surface area contributed by atoms with Crippen molar-refractivity contribution in [3.8, 4) is 5.75 Å². The Morgan fingerprint density at radius 3 is 2.39 bits per heavy atom. The highest BCUT2D eigenvalue weighted by molar-refractivity contribution is 6.06. The van der Waals surface area contributed by atoms with Crippen molar-refractivity contribution in [1.29, 1.82) is 0 Å². The van der Waals surface area contributed by atoms with E-state index in [9.17, 15) is 14.0 Å². The van der Waals surface area contributed by atoms with E-state index in [1.165, 1.54) is 31.3 Å². The van der Waals surface area contributed by atoms with Crippen LogP contribution in [0.5, 0.6) is 5.75 Å². The zero-order valence-corrected chi connectivity index (χ0v) is 16.1. The van der Waals surface area contributed by atoms with Crippen molar-refractivity contribution < 1.29 is 18.7 Å². The number of anilines is 1. The first-order valence-electron chi connectivity index (χ1n) is 8.98. The predicted octanol–water partition coefficient (Wildman–Crippen LogP) is 3.59. The molecule has 1 atom stereocenters. The number of ether oxygens (including phenoxy) is 1. The summed E-state index contributed by atoms with van der Waals surface area (Å²) in [5, 5.41) is 6.24. The molecule has 0 bridgehead atoms. The van der Waals surface area contributed by atoms with Gasteiger partial charge in [-0.25, -0.2) is 9.82 Å². The molecule has 0 aliphatic heterocycles. The first kappa shape index (κ1) is 21.1. The minimum absolute atomic E-state index is 0.0235. The SMILES string of the molecule is CC(C)COc1ccc(C=NNC(=O)C(C)C(=O)Nc2ccccc2F)cc1. The number of carbonyl (C=O) groups is 2. The highest BCUT2D eigenvalue weighted by Gasteiger charge is 2.22. The largest absolute Gasteiger partial charge is 0.493 e. The number of amides is 2. The maximum absolute atomic E-state index is 13.6. The molecule has 2 N–H and O–H groups in total. The second-order valence-electron chi connectivity index (χ2n) is 6.70. The van der Waals surface area contributed by atoms with Crippen molar-refractivity contribution in [3.63, 3.8) is 0 Å². The Morgan fingerprint density at radius 2 is 1.75 bits per heavy atom. The van der Waals surface area contributed by atoms with Gasteiger partial charge >= 0.3 is 0 Å². The lowest BCUT2D eigenvalue weighted by Gasteiger charge is -2.11. The summed E-state index contributed by atoms with van der Waals surface area (Å²) in [6.07, 6.45) is 1.46. The van der Waals surface area contributed by atoms with Gasteiger partial charge in [-0.2, -0.15) is 5.10 Å². The molecule has 1 unspecified atom stereocenters. The van der Waals surface area contributed by atoms with E-state index in [1.54, 1.807) is 18.2 Å². The molecule has 28 heavy (non-hydrogen) atoms. The second kappa shape index (κ2) is 10.2. The van der Waals surface area contributed by atoms with Crippen LogP contribution in [0.1, 0.15) is 26.3 Å². The molecular weight excluding hydrogens is 361 g/mol. The Balaban J connectivity index is 1.85. The molecule has 148 valence electrons. The normalized spacial score (nSPS) is 12.0. The zero-order chi connectivity index (χ0) is 20.5. The van der Waals surface area contributed by atoms with Gasteiger partial charge in [0.05, 0.1) is 18.5 Å². The van der Waals surface area contributed by atoms with Gasteiger partial charge in [-0.15, -0.1) is 0 Å². The highest BCUT2D eigenvalue weighted by atomic mass is 19.1. The quantitative estimate of drug-likeness (QED) is 0.414. The van der Waals surface area contributed by atoms with E-state index < -0.39 is 23.5 Å². The summed E-state index contributed by atoms with van der Waals surface area (Å²) in [6, 6.07) is 13.0. The summed E-state index contributed by atoms with van der Waals surface area (Å²) in [5.41, 5.74) is 3.10. The lowest BCUT2D eigenvalue weighted by Crippen LogP contribution is -2.34. The number of hydrogen-bond donors (Lipinski definition) is 2. The summed E-state index contributed by atoms with van der Waals surface area (Å²) < 4.78 is 19.2. The lowest BCUT2D eigenvalue weighted by molar-refractivity contribution is -0.131. The van der Waals surface area contributed by atoms with Crippen molar-refractivity contribution in [2.24, 2.45) is 16.9 Å². The molecule has 2 amide bonds.